The molecule has 0 amide bonds. The summed E-state index contributed by atoms with van der Waals surface area (Å²) in [6.07, 6.45) is 0.248. The summed E-state index contributed by atoms with van der Waals surface area (Å²) in [7, 11) is -0.913. The van der Waals surface area contributed by atoms with E-state index < -0.39 is 27.0 Å². The van der Waals surface area contributed by atoms with Crippen molar-refractivity contribution in [2.45, 2.75) is 36.7 Å². The minimum atomic E-state index is -4.04. The predicted molar refractivity (Wildman–Crippen MR) is 149 cm³/mol. The van der Waals surface area contributed by atoms with Gasteiger partial charge in [-0.05, 0) is 68.3 Å². The van der Waals surface area contributed by atoms with E-state index in [9.17, 15) is 13.2 Å². The predicted octanol–water partition coefficient (Wildman–Crippen LogP) is 5.31. The number of aryl methyl sites for hydroxylation is 2. The molecule has 8 heteroatoms. The fourth-order valence-corrected chi connectivity index (χ4v) is 6.97. The molecule has 1 aliphatic rings. The summed E-state index contributed by atoms with van der Waals surface area (Å²) < 4.78 is 45.2. The van der Waals surface area contributed by atoms with Gasteiger partial charge >= 0.3 is 0 Å². The topological polar surface area (TPSA) is 91.8 Å². The third kappa shape index (κ3) is 4.90. The van der Waals surface area contributed by atoms with Gasteiger partial charge in [-0.2, -0.15) is 0 Å². The van der Waals surface area contributed by atoms with Gasteiger partial charge in [-0.3, -0.25) is 9.78 Å². The molecule has 202 valence electrons. The number of ketones is 1. The van der Waals surface area contributed by atoms with Crippen LogP contribution in [-0.4, -0.2) is 45.8 Å². The van der Waals surface area contributed by atoms with Crippen LogP contribution in [0.25, 0.3) is 10.9 Å². The van der Waals surface area contributed by atoms with Crippen LogP contribution < -0.4 is 9.47 Å². The summed E-state index contributed by atoms with van der Waals surface area (Å²) in [5.74, 6) is -0.298. The zero-order valence-electron chi connectivity index (χ0n) is 22.4. The molecule has 0 N–H and O–H groups in total. The van der Waals surface area contributed by atoms with Gasteiger partial charge in [-0.1, -0.05) is 35.9 Å². The summed E-state index contributed by atoms with van der Waals surface area (Å²) in [6, 6.07) is 21.6. The van der Waals surface area contributed by atoms with Crippen molar-refractivity contribution in [3.8, 4) is 11.5 Å². The number of para-hydroxylation sites is 1. The van der Waals surface area contributed by atoms with E-state index in [2.05, 4.69) is 4.98 Å². The summed E-state index contributed by atoms with van der Waals surface area (Å²) in [4.78, 5) is 18.8. The first-order chi connectivity index (χ1) is 18.7. The highest BCUT2D eigenvalue weighted by molar-refractivity contribution is 7.92. The number of Topliss-reactive ketones (excluding diaryl/α,β-unsaturated/α-hetero) is 1. The van der Waals surface area contributed by atoms with Crippen LogP contribution in [0.4, 0.5) is 0 Å². The molecule has 2 heterocycles. The number of sulfone groups is 1. The van der Waals surface area contributed by atoms with E-state index in [1.807, 2.05) is 50.2 Å². The lowest BCUT2D eigenvalue weighted by Gasteiger charge is -2.29. The maximum Gasteiger partial charge on any atom is 0.186 e. The van der Waals surface area contributed by atoms with Crippen molar-refractivity contribution in [1.29, 1.82) is 0 Å². The van der Waals surface area contributed by atoms with E-state index in [0.717, 1.165) is 16.8 Å². The average molecular weight is 546 g/mol. The Balaban J connectivity index is 1.59. The number of carbonyl (C=O) groups excluding carboxylic acids is 1. The first kappa shape index (κ1) is 26.8. The number of fused-ring (bicyclic) bond motifs is 1. The van der Waals surface area contributed by atoms with Crippen molar-refractivity contribution >= 4 is 26.5 Å². The summed E-state index contributed by atoms with van der Waals surface area (Å²) in [6.45, 7) is 3.98. The number of rotatable bonds is 8. The molecular weight excluding hydrogens is 514 g/mol. The number of hydrogen-bond acceptors (Lipinski definition) is 7. The van der Waals surface area contributed by atoms with E-state index in [4.69, 9.17) is 14.2 Å². The van der Waals surface area contributed by atoms with E-state index in [1.54, 1.807) is 37.4 Å². The van der Waals surface area contributed by atoms with Crippen molar-refractivity contribution in [2.75, 3.05) is 26.6 Å². The van der Waals surface area contributed by atoms with Gasteiger partial charge in [0.1, 0.15) is 17.3 Å². The van der Waals surface area contributed by atoms with Gasteiger partial charge in [0.2, 0.25) is 0 Å². The molecule has 0 unspecified atom stereocenters. The monoisotopic (exact) mass is 545 g/mol. The zero-order chi connectivity index (χ0) is 27.8. The smallest absolute Gasteiger partial charge is 0.186 e. The lowest BCUT2D eigenvalue weighted by molar-refractivity contribution is -0.137. The van der Waals surface area contributed by atoms with Gasteiger partial charge in [-0.25, -0.2) is 8.42 Å². The maximum atomic E-state index is 14.3. The van der Waals surface area contributed by atoms with Gasteiger partial charge in [0, 0.05) is 22.6 Å². The van der Waals surface area contributed by atoms with Crippen LogP contribution in [0.1, 0.15) is 34.7 Å². The molecule has 1 fully saturated rings. The SMILES string of the molecule is COc1ccccc1[C@H]1CO[C@@](C(=O)CS(=O)(=O)c2cccc3nc(C)ccc23)(c2cc(C)ccc2OC)C1. The Morgan fingerprint density at radius 1 is 0.974 bits per heavy atom. The number of aromatic nitrogens is 1. The number of carbonyl (C=O) groups is 1. The van der Waals surface area contributed by atoms with Gasteiger partial charge in [0.05, 0.1) is 31.2 Å². The first-order valence-electron chi connectivity index (χ1n) is 12.7. The standard InChI is InChI=1S/C31H31NO6S/c1-20-12-15-28(37-4)25(16-20)31(17-22(18-38-31)23-8-5-6-10-27(23)36-3)30(33)19-39(34,35)29-11-7-9-26-24(29)14-13-21(2)32-26/h5-16,22H,17-19H2,1-4H3/t22-,31-/m1/s1. The van der Waals surface area contributed by atoms with Gasteiger partial charge in [-0.15, -0.1) is 0 Å². The maximum absolute atomic E-state index is 14.3. The van der Waals surface area contributed by atoms with Crippen LogP contribution in [0, 0.1) is 13.8 Å². The fraction of sp³-hybridized carbons (Fsp3) is 0.290. The van der Waals surface area contributed by atoms with Crippen molar-refractivity contribution in [3.63, 3.8) is 0 Å². The van der Waals surface area contributed by atoms with Gasteiger partial charge in [0.25, 0.3) is 0 Å². The Labute approximate surface area is 228 Å². The number of benzene rings is 3. The molecule has 39 heavy (non-hydrogen) atoms. The minimum Gasteiger partial charge on any atom is -0.496 e. The first-order valence-corrected chi connectivity index (χ1v) is 14.4. The molecule has 1 aromatic heterocycles. The molecule has 0 bridgehead atoms. The van der Waals surface area contributed by atoms with Crippen molar-refractivity contribution in [3.05, 3.63) is 95.2 Å². The second kappa shape index (κ2) is 10.4. The molecule has 0 saturated carbocycles. The molecule has 3 aromatic carbocycles. The summed E-state index contributed by atoms with van der Waals surface area (Å²) in [5.41, 5.74) is 2.15. The number of methoxy groups -OCH3 is 2. The molecule has 0 radical (unpaired) electrons. The minimum absolute atomic E-state index is 0.0754. The van der Waals surface area contributed by atoms with Crippen LogP contribution in [0.3, 0.4) is 0 Å². The van der Waals surface area contributed by atoms with Crippen LogP contribution >= 0.6 is 0 Å². The van der Waals surface area contributed by atoms with Crippen molar-refractivity contribution < 1.29 is 27.4 Å². The Hall–Kier alpha value is -3.75. The van der Waals surface area contributed by atoms with Crippen LogP contribution in [0.2, 0.25) is 0 Å². The van der Waals surface area contributed by atoms with Crippen molar-refractivity contribution in [1.82, 2.24) is 4.98 Å². The number of hydrogen-bond donors (Lipinski definition) is 0. The largest absolute Gasteiger partial charge is 0.496 e. The second-order valence-corrected chi connectivity index (χ2v) is 11.9. The second-order valence-electron chi connectivity index (χ2n) is 9.94. The van der Waals surface area contributed by atoms with Gasteiger partial charge in [0.15, 0.2) is 21.2 Å². The molecule has 1 aliphatic heterocycles. The highest BCUT2D eigenvalue weighted by atomic mass is 32.2. The Kier molecular flexibility index (Phi) is 7.18. The average Bonchev–Trinajstić information content (AvgIpc) is 3.39. The van der Waals surface area contributed by atoms with Crippen molar-refractivity contribution in [2.24, 2.45) is 0 Å². The van der Waals surface area contributed by atoms with E-state index in [1.165, 1.54) is 13.2 Å². The van der Waals surface area contributed by atoms with Crippen LogP contribution in [0.15, 0.2) is 77.7 Å². The highest BCUT2D eigenvalue weighted by Crippen LogP contribution is 2.49. The quantitative estimate of drug-likeness (QED) is 0.296. The zero-order valence-corrected chi connectivity index (χ0v) is 23.2. The molecule has 1 saturated heterocycles. The van der Waals surface area contributed by atoms with E-state index in [-0.39, 0.29) is 23.8 Å². The third-order valence-corrected chi connectivity index (χ3v) is 9.04. The fourth-order valence-electron chi connectivity index (χ4n) is 5.45. The van der Waals surface area contributed by atoms with Crippen LogP contribution in [0.5, 0.6) is 11.5 Å². The third-order valence-electron chi connectivity index (χ3n) is 7.37. The van der Waals surface area contributed by atoms with E-state index in [0.29, 0.717) is 28.0 Å². The van der Waals surface area contributed by atoms with Gasteiger partial charge < -0.3 is 14.2 Å². The Bertz CT molecular complexity index is 1670. The summed E-state index contributed by atoms with van der Waals surface area (Å²) >= 11 is 0. The lowest BCUT2D eigenvalue weighted by atomic mass is 9.81. The Morgan fingerprint density at radius 2 is 1.74 bits per heavy atom. The Morgan fingerprint density at radius 3 is 2.51 bits per heavy atom. The molecule has 4 aromatic rings. The molecule has 0 spiro atoms. The number of nitrogens with zero attached hydrogens (tertiary/aromatic N) is 1. The summed E-state index contributed by atoms with van der Waals surface area (Å²) in [5, 5.41) is 0.484. The molecule has 0 aliphatic carbocycles. The molecule has 2 atom stereocenters. The molecule has 5 rings (SSSR count). The number of ether oxygens (including phenoxy) is 3. The lowest BCUT2D eigenvalue weighted by Crippen LogP contribution is -2.40. The molecule has 7 nitrogen and oxygen atoms in total. The normalized spacial score (nSPS) is 19.2. The van der Waals surface area contributed by atoms with E-state index >= 15 is 0 Å². The van der Waals surface area contributed by atoms with Crippen LogP contribution in [-0.2, 0) is 25.0 Å². The molecular formula is C31H31NO6S. The highest BCUT2D eigenvalue weighted by Gasteiger charge is 2.51. The number of pyridine rings is 1.